The monoisotopic (exact) mass is 352 g/mol. The van der Waals surface area contributed by atoms with Crippen LogP contribution in [0.15, 0.2) is 28.9 Å². The molecule has 2 heterocycles. The second-order valence-corrected chi connectivity index (χ2v) is 5.19. The normalized spacial score (nSPS) is 11.0. The van der Waals surface area contributed by atoms with Crippen molar-refractivity contribution in [2.75, 3.05) is 5.73 Å². The van der Waals surface area contributed by atoms with Crippen LogP contribution in [0.1, 0.15) is 16.1 Å². The topological polar surface area (TPSA) is 84.7 Å². The molecule has 0 bridgehead atoms. The number of carbonyl (C=O) groups excluding carboxylic acids is 1. The summed E-state index contributed by atoms with van der Waals surface area (Å²) in [5, 5.41) is 6.81. The Bertz CT molecular complexity index is 878. The number of aromatic nitrogens is 3. The third-order valence-corrected chi connectivity index (χ3v) is 3.41. The van der Waals surface area contributed by atoms with Gasteiger partial charge in [0.05, 0.1) is 10.9 Å². The summed E-state index contributed by atoms with van der Waals surface area (Å²) in [6.07, 6.45) is 1.52. The lowest BCUT2D eigenvalue weighted by Gasteiger charge is -2.04. The van der Waals surface area contributed by atoms with E-state index in [0.29, 0.717) is 15.5 Å². The fourth-order valence-corrected chi connectivity index (χ4v) is 2.26. The van der Waals surface area contributed by atoms with Crippen molar-refractivity contribution >= 4 is 38.4 Å². The molecule has 3 aromatic rings. The first-order valence-electron chi connectivity index (χ1n) is 5.77. The molecule has 5 nitrogen and oxygen atoms in total. The van der Waals surface area contributed by atoms with E-state index in [0.717, 1.165) is 12.1 Å². The number of nitrogens with one attached hydrogen (secondary N) is 1. The van der Waals surface area contributed by atoms with Gasteiger partial charge in [-0.25, -0.2) is 13.8 Å². The fourth-order valence-electron chi connectivity index (χ4n) is 1.93. The molecule has 0 fully saturated rings. The number of pyridine rings is 1. The van der Waals surface area contributed by atoms with Crippen LogP contribution in [0.3, 0.4) is 0 Å². The Morgan fingerprint density at radius 3 is 2.86 bits per heavy atom. The lowest BCUT2D eigenvalue weighted by molar-refractivity contribution is 0.103. The Hall–Kier alpha value is -2.35. The van der Waals surface area contributed by atoms with Gasteiger partial charge in [-0.05, 0) is 34.1 Å². The predicted molar refractivity (Wildman–Crippen MR) is 75.8 cm³/mol. The molecule has 0 aliphatic carbocycles. The van der Waals surface area contributed by atoms with E-state index >= 15 is 0 Å². The van der Waals surface area contributed by atoms with Crippen molar-refractivity contribution in [2.45, 2.75) is 0 Å². The maximum Gasteiger partial charge on any atom is 0.214 e. The minimum Gasteiger partial charge on any atom is -0.394 e. The summed E-state index contributed by atoms with van der Waals surface area (Å²) < 4.78 is 27.7. The first kappa shape index (κ1) is 13.6. The number of fused-ring (bicyclic) bond motifs is 1. The number of halogens is 3. The Morgan fingerprint density at radius 1 is 1.33 bits per heavy atom. The lowest BCUT2D eigenvalue weighted by atomic mass is 10.0. The smallest absolute Gasteiger partial charge is 0.214 e. The quantitative estimate of drug-likeness (QED) is 0.548. The van der Waals surface area contributed by atoms with Crippen molar-refractivity contribution in [2.24, 2.45) is 0 Å². The van der Waals surface area contributed by atoms with E-state index in [1.165, 1.54) is 6.20 Å². The summed E-state index contributed by atoms with van der Waals surface area (Å²) in [5.41, 5.74) is 4.61. The molecule has 0 spiro atoms. The minimum absolute atomic E-state index is 0.0590. The van der Waals surface area contributed by atoms with Gasteiger partial charge in [-0.15, -0.1) is 0 Å². The number of benzene rings is 1. The van der Waals surface area contributed by atoms with Gasteiger partial charge in [-0.2, -0.15) is 5.10 Å². The van der Waals surface area contributed by atoms with E-state index in [1.54, 1.807) is 6.07 Å². The van der Waals surface area contributed by atoms with E-state index in [-0.39, 0.29) is 11.3 Å². The van der Waals surface area contributed by atoms with Crippen LogP contribution < -0.4 is 5.73 Å². The predicted octanol–water partition coefficient (Wildman–Crippen LogP) is 2.81. The maximum atomic E-state index is 13.9. The summed E-state index contributed by atoms with van der Waals surface area (Å²) in [6.45, 7) is 0. The molecule has 21 heavy (non-hydrogen) atoms. The summed E-state index contributed by atoms with van der Waals surface area (Å²) in [4.78, 5) is 16.4. The van der Waals surface area contributed by atoms with Crippen molar-refractivity contribution in [3.63, 3.8) is 0 Å². The average molecular weight is 353 g/mol. The van der Waals surface area contributed by atoms with Gasteiger partial charge in [0.2, 0.25) is 5.78 Å². The third-order valence-electron chi connectivity index (χ3n) is 2.97. The molecule has 3 rings (SSSR count). The van der Waals surface area contributed by atoms with Crippen LogP contribution in [0.2, 0.25) is 0 Å². The van der Waals surface area contributed by atoms with Crippen LogP contribution in [0.25, 0.3) is 11.0 Å². The lowest BCUT2D eigenvalue weighted by Crippen LogP contribution is -2.08. The molecule has 0 atom stereocenters. The third kappa shape index (κ3) is 2.17. The number of ketones is 1. The number of nitrogens with two attached hydrogens (primary N) is 1. The Kier molecular flexibility index (Phi) is 3.17. The highest BCUT2D eigenvalue weighted by atomic mass is 79.9. The fraction of sp³-hybridized carbons (Fsp3) is 0. The van der Waals surface area contributed by atoms with E-state index in [1.807, 2.05) is 0 Å². The summed E-state index contributed by atoms with van der Waals surface area (Å²) >= 11 is 3.23. The molecule has 0 radical (unpaired) electrons. The number of hydrogen-bond donors (Lipinski definition) is 2. The second kappa shape index (κ2) is 4.88. The Labute approximate surface area is 125 Å². The molecular weight excluding hydrogens is 346 g/mol. The molecule has 1 aromatic carbocycles. The largest absolute Gasteiger partial charge is 0.394 e. The van der Waals surface area contributed by atoms with Crippen LogP contribution >= 0.6 is 15.9 Å². The van der Waals surface area contributed by atoms with Gasteiger partial charge in [0.15, 0.2) is 11.5 Å². The number of nitrogen functional groups attached to an aromatic ring is 1. The molecule has 0 amide bonds. The van der Waals surface area contributed by atoms with Crippen LogP contribution in [-0.4, -0.2) is 21.0 Å². The van der Waals surface area contributed by atoms with Crippen LogP contribution in [0, 0.1) is 11.6 Å². The van der Waals surface area contributed by atoms with E-state index < -0.39 is 23.1 Å². The van der Waals surface area contributed by atoms with Gasteiger partial charge in [-0.3, -0.25) is 9.89 Å². The molecule has 2 aromatic heterocycles. The van der Waals surface area contributed by atoms with Gasteiger partial charge in [0.25, 0.3) is 0 Å². The molecule has 3 N–H and O–H groups in total. The zero-order valence-corrected chi connectivity index (χ0v) is 11.9. The van der Waals surface area contributed by atoms with Crippen molar-refractivity contribution in [1.82, 2.24) is 15.2 Å². The van der Waals surface area contributed by atoms with Gasteiger partial charge in [0.1, 0.15) is 17.2 Å². The second-order valence-electron chi connectivity index (χ2n) is 4.28. The van der Waals surface area contributed by atoms with Crippen molar-refractivity contribution < 1.29 is 13.6 Å². The number of nitrogens with zero attached hydrogens (tertiary/aromatic N) is 2. The highest BCUT2D eigenvalue weighted by Crippen LogP contribution is 2.24. The Morgan fingerprint density at radius 2 is 2.10 bits per heavy atom. The molecule has 0 saturated heterocycles. The van der Waals surface area contributed by atoms with Crippen molar-refractivity contribution in [3.05, 3.63) is 51.8 Å². The number of carbonyl (C=O) groups is 1. The number of anilines is 1. The number of aromatic amines is 1. The average Bonchev–Trinajstić information content (AvgIpc) is 2.87. The number of hydrogen-bond acceptors (Lipinski definition) is 4. The van der Waals surface area contributed by atoms with Crippen LogP contribution in [0.5, 0.6) is 0 Å². The van der Waals surface area contributed by atoms with E-state index in [9.17, 15) is 13.6 Å². The van der Waals surface area contributed by atoms with E-state index in [4.69, 9.17) is 5.73 Å². The van der Waals surface area contributed by atoms with Gasteiger partial charge < -0.3 is 5.73 Å². The zero-order valence-electron chi connectivity index (χ0n) is 10.3. The van der Waals surface area contributed by atoms with Crippen molar-refractivity contribution in [3.8, 4) is 0 Å². The van der Waals surface area contributed by atoms with Crippen LogP contribution in [-0.2, 0) is 0 Å². The molecule has 0 aliphatic heterocycles. The van der Waals surface area contributed by atoms with Crippen LogP contribution in [0.4, 0.5) is 14.5 Å². The molecular formula is C13H7BrF2N4O. The standard InChI is InChI=1S/C13H7BrF2N4O/c14-5-3-7-11(19-20-13(7)18-4-5)12(21)6-1-2-8(15)10(17)9(6)16/h1-4H,17H2,(H,18,19,20). The molecule has 0 unspecified atom stereocenters. The maximum absolute atomic E-state index is 13.9. The minimum atomic E-state index is -1.09. The Balaban J connectivity index is 2.17. The summed E-state index contributed by atoms with van der Waals surface area (Å²) in [7, 11) is 0. The summed E-state index contributed by atoms with van der Waals surface area (Å²) in [5.74, 6) is -2.68. The highest BCUT2D eigenvalue weighted by molar-refractivity contribution is 9.10. The number of rotatable bonds is 2. The van der Waals surface area contributed by atoms with Gasteiger partial charge in [-0.1, -0.05) is 0 Å². The van der Waals surface area contributed by atoms with Gasteiger partial charge >= 0.3 is 0 Å². The SMILES string of the molecule is Nc1c(F)ccc(C(=O)c2[nH]nc3ncc(Br)cc23)c1F. The van der Waals surface area contributed by atoms with Crippen molar-refractivity contribution in [1.29, 1.82) is 0 Å². The molecule has 0 aliphatic rings. The summed E-state index contributed by atoms with van der Waals surface area (Å²) in [6, 6.07) is 3.61. The zero-order chi connectivity index (χ0) is 15.1. The van der Waals surface area contributed by atoms with E-state index in [2.05, 4.69) is 31.1 Å². The molecule has 106 valence electrons. The first-order chi connectivity index (χ1) is 9.99. The highest BCUT2D eigenvalue weighted by Gasteiger charge is 2.22. The molecule has 0 saturated carbocycles. The van der Waals surface area contributed by atoms with Gasteiger partial charge in [0, 0.05) is 10.7 Å². The first-order valence-corrected chi connectivity index (χ1v) is 6.56. The molecule has 8 heteroatoms. The number of H-pyrrole nitrogens is 1.